The highest BCUT2D eigenvalue weighted by Crippen LogP contribution is 2.19. The summed E-state index contributed by atoms with van der Waals surface area (Å²) in [6.07, 6.45) is 1.65. The van der Waals surface area contributed by atoms with Crippen LogP contribution in [0.3, 0.4) is 0 Å². The molecule has 0 aromatic carbocycles. The summed E-state index contributed by atoms with van der Waals surface area (Å²) in [6.45, 7) is 0.322. The Morgan fingerprint density at radius 1 is 1.50 bits per heavy atom. The van der Waals surface area contributed by atoms with Gasteiger partial charge in [0.15, 0.2) is 0 Å². The van der Waals surface area contributed by atoms with Crippen molar-refractivity contribution in [3.8, 4) is 0 Å². The second-order valence-corrected chi connectivity index (χ2v) is 3.58. The molecule has 2 N–H and O–H groups in total. The van der Waals surface area contributed by atoms with Crippen molar-refractivity contribution in [1.82, 2.24) is 10.6 Å². The molecular weight excluding hydrogens is 159 g/mol. The van der Waals surface area contributed by atoms with Gasteiger partial charge in [-0.25, -0.2) is 4.39 Å². The molecular formula is C8H13FN2O. The Labute approximate surface area is 70.7 Å². The number of hydrogen-bond donors (Lipinski definition) is 2. The van der Waals surface area contributed by atoms with E-state index in [-0.39, 0.29) is 11.9 Å². The zero-order chi connectivity index (χ0) is 8.55. The molecule has 4 heteroatoms. The van der Waals surface area contributed by atoms with Gasteiger partial charge in [-0.1, -0.05) is 0 Å². The molecule has 2 fully saturated rings. The Kier molecular flexibility index (Phi) is 2.00. The normalized spacial score (nSPS) is 35.1. The number of amides is 1. The lowest BCUT2D eigenvalue weighted by atomic mass is 10.2. The molecule has 1 amide bonds. The van der Waals surface area contributed by atoms with E-state index in [1.54, 1.807) is 0 Å². The van der Waals surface area contributed by atoms with Crippen LogP contribution in [0.25, 0.3) is 0 Å². The second kappa shape index (κ2) is 3.01. The van der Waals surface area contributed by atoms with Gasteiger partial charge in [-0.05, 0) is 12.8 Å². The quantitative estimate of drug-likeness (QED) is 0.614. The van der Waals surface area contributed by atoms with Gasteiger partial charge in [0.05, 0.1) is 6.04 Å². The van der Waals surface area contributed by atoms with Crippen LogP contribution in [0.1, 0.15) is 19.3 Å². The van der Waals surface area contributed by atoms with Crippen molar-refractivity contribution >= 4 is 5.91 Å². The SMILES string of the molecule is O=C(NC1CC1)[C@@H]1C[C@@H](F)CN1. The van der Waals surface area contributed by atoms with Gasteiger partial charge < -0.3 is 10.6 Å². The molecule has 2 aliphatic rings. The fourth-order valence-corrected chi connectivity index (χ4v) is 1.42. The number of halogens is 1. The van der Waals surface area contributed by atoms with E-state index in [0.717, 1.165) is 12.8 Å². The lowest BCUT2D eigenvalue weighted by molar-refractivity contribution is -0.123. The fraction of sp³-hybridized carbons (Fsp3) is 0.875. The Hall–Kier alpha value is -0.640. The van der Waals surface area contributed by atoms with Gasteiger partial charge >= 0.3 is 0 Å². The van der Waals surface area contributed by atoms with Crippen LogP contribution >= 0.6 is 0 Å². The Bertz CT molecular complexity index is 193. The van der Waals surface area contributed by atoms with Gasteiger partial charge in [0.1, 0.15) is 6.17 Å². The van der Waals surface area contributed by atoms with Crippen molar-refractivity contribution < 1.29 is 9.18 Å². The van der Waals surface area contributed by atoms with E-state index in [9.17, 15) is 9.18 Å². The van der Waals surface area contributed by atoms with Crippen LogP contribution in [0.2, 0.25) is 0 Å². The summed E-state index contributed by atoms with van der Waals surface area (Å²) in [6, 6.07) is 0.0820. The van der Waals surface area contributed by atoms with Crippen molar-refractivity contribution in [3.63, 3.8) is 0 Å². The molecule has 1 aliphatic carbocycles. The minimum atomic E-state index is -0.847. The molecule has 1 heterocycles. The zero-order valence-corrected chi connectivity index (χ0v) is 6.85. The Morgan fingerprint density at radius 3 is 2.75 bits per heavy atom. The lowest BCUT2D eigenvalue weighted by Gasteiger charge is -2.09. The fourth-order valence-electron chi connectivity index (χ4n) is 1.42. The third-order valence-corrected chi connectivity index (χ3v) is 2.32. The molecule has 0 unspecified atom stereocenters. The van der Waals surface area contributed by atoms with Crippen LogP contribution in [0.4, 0.5) is 4.39 Å². The molecule has 0 spiro atoms. The third-order valence-electron chi connectivity index (χ3n) is 2.32. The van der Waals surface area contributed by atoms with Crippen molar-refractivity contribution in [1.29, 1.82) is 0 Å². The first-order valence-electron chi connectivity index (χ1n) is 4.43. The molecule has 68 valence electrons. The molecule has 0 aromatic heterocycles. The average molecular weight is 172 g/mol. The highest BCUT2D eigenvalue weighted by atomic mass is 19.1. The Morgan fingerprint density at radius 2 is 2.25 bits per heavy atom. The predicted octanol–water partition coefficient (Wildman–Crippen LogP) is -0.0350. The van der Waals surface area contributed by atoms with Crippen molar-refractivity contribution in [2.75, 3.05) is 6.54 Å². The van der Waals surface area contributed by atoms with Crippen molar-refractivity contribution in [3.05, 3.63) is 0 Å². The molecule has 1 aliphatic heterocycles. The topological polar surface area (TPSA) is 41.1 Å². The molecule has 2 rings (SSSR count). The summed E-state index contributed by atoms with van der Waals surface area (Å²) in [5, 5.41) is 5.70. The van der Waals surface area contributed by atoms with Gasteiger partial charge in [0.2, 0.25) is 5.91 Å². The van der Waals surface area contributed by atoms with Crippen molar-refractivity contribution in [2.24, 2.45) is 0 Å². The van der Waals surface area contributed by atoms with Crippen molar-refractivity contribution in [2.45, 2.75) is 37.5 Å². The number of carbonyl (C=O) groups is 1. The smallest absolute Gasteiger partial charge is 0.237 e. The summed E-state index contributed by atoms with van der Waals surface area (Å²) >= 11 is 0. The van der Waals surface area contributed by atoms with Gasteiger partial charge in [-0.3, -0.25) is 4.79 Å². The number of hydrogen-bond acceptors (Lipinski definition) is 2. The highest BCUT2D eigenvalue weighted by molar-refractivity contribution is 5.82. The van der Waals surface area contributed by atoms with Gasteiger partial charge in [0.25, 0.3) is 0 Å². The predicted molar refractivity (Wildman–Crippen MR) is 42.5 cm³/mol. The summed E-state index contributed by atoms with van der Waals surface area (Å²) in [7, 11) is 0. The highest BCUT2D eigenvalue weighted by Gasteiger charge is 2.32. The number of carbonyl (C=O) groups excluding carboxylic acids is 1. The number of rotatable bonds is 2. The maximum Gasteiger partial charge on any atom is 0.237 e. The van der Waals surface area contributed by atoms with E-state index in [1.807, 2.05) is 0 Å². The van der Waals surface area contributed by atoms with Crippen LogP contribution in [-0.4, -0.2) is 30.7 Å². The minimum absolute atomic E-state index is 0.0300. The first-order valence-corrected chi connectivity index (χ1v) is 4.43. The minimum Gasteiger partial charge on any atom is -0.352 e. The summed E-state index contributed by atoms with van der Waals surface area (Å²) < 4.78 is 12.6. The molecule has 0 radical (unpaired) electrons. The lowest BCUT2D eigenvalue weighted by Crippen LogP contribution is -2.41. The van der Waals surface area contributed by atoms with Crippen LogP contribution in [-0.2, 0) is 4.79 Å². The van der Waals surface area contributed by atoms with Crippen LogP contribution in [0, 0.1) is 0 Å². The molecule has 1 saturated heterocycles. The first kappa shape index (κ1) is 7.98. The van der Waals surface area contributed by atoms with Crippen LogP contribution in [0.5, 0.6) is 0 Å². The van der Waals surface area contributed by atoms with Gasteiger partial charge in [-0.2, -0.15) is 0 Å². The number of nitrogens with one attached hydrogen (secondary N) is 2. The third kappa shape index (κ3) is 1.75. The molecule has 1 saturated carbocycles. The number of alkyl halides is 1. The molecule has 3 nitrogen and oxygen atoms in total. The summed E-state index contributed by atoms with van der Waals surface area (Å²) in [5.41, 5.74) is 0. The summed E-state index contributed by atoms with van der Waals surface area (Å²) in [4.78, 5) is 11.3. The second-order valence-electron chi connectivity index (χ2n) is 3.58. The van der Waals surface area contributed by atoms with E-state index < -0.39 is 6.17 Å². The van der Waals surface area contributed by atoms with Crippen LogP contribution in [0.15, 0.2) is 0 Å². The zero-order valence-electron chi connectivity index (χ0n) is 6.85. The average Bonchev–Trinajstić information content (AvgIpc) is 2.72. The van der Waals surface area contributed by atoms with E-state index in [0.29, 0.717) is 19.0 Å². The molecule has 12 heavy (non-hydrogen) atoms. The van der Waals surface area contributed by atoms with E-state index >= 15 is 0 Å². The van der Waals surface area contributed by atoms with Crippen LogP contribution < -0.4 is 10.6 Å². The van der Waals surface area contributed by atoms with Gasteiger partial charge in [0, 0.05) is 19.0 Å². The monoisotopic (exact) mass is 172 g/mol. The van der Waals surface area contributed by atoms with Gasteiger partial charge in [-0.15, -0.1) is 0 Å². The van der Waals surface area contributed by atoms with E-state index in [4.69, 9.17) is 0 Å². The summed E-state index contributed by atoms with van der Waals surface area (Å²) in [5.74, 6) is -0.0300. The van der Waals surface area contributed by atoms with E-state index in [2.05, 4.69) is 10.6 Å². The first-order chi connectivity index (χ1) is 5.75. The van der Waals surface area contributed by atoms with E-state index in [1.165, 1.54) is 0 Å². The molecule has 2 atom stereocenters. The molecule has 0 aromatic rings. The maximum absolute atomic E-state index is 12.6. The Balaban J connectivity index is 1.79. The largest absolute Gasteiger partial charge is 0.352 e. The molecule has 0 bridgehead atoms. The standard InChI is InChI=1S/C8H13FN2O/c9-5-3-7(10-4-5)8(12)11-6-1-2-6/h5-7,10H,1-4H2,(H,11,12)/t5-,7+/m1/s1. The maximum atomic E-state index is 12.6.